The van der Waals surface area contributed by atoms with E-state index in [1.165, 1.54) is 0 Å². The molecule has 1 aromatic heterocycles. The first kappa shape index (κ1) is 12.4. The number of halogens is 1. The fraction of sp³-hybridized carbons (Fsp3) is 0.545. The summed E-state index contributed by atoms with van der Waals surface area (Å²) in [4.78, 5) is 4.29. The van der Waals surface area contributed by atoms with E-state index in [9.17, 15) is 0 Å². The fourth-order valence-corrected chi connectivity index (χ4v) is 1.89. The van der Waals surface area contributed by atoms with E-state index >= 15 is 0 Å². The molecule has 0 spiro atoms. The van der Waals surface area contributed by atoms with Gasteiger partial charge < -0.3 is 10.5 Å². The Morgan fingerprint density at radius 2 is 2.07 bits per heavy atom. The molecule has 0 saturated carbocycles. The highest BCUT2D eigenvalue weighted by atomic mass is 35.5. The molecule has 3 nitrogen and oxygen atoms in total. The minimum Gasteiger partial charge on any atom is -0.381 e. The maximum atomic E-state index is 6.15. The van der Waals surface area contributed by atoms with Gasteiger partial charge >= 0.3 is 0 Å². The van der Waals surface area contributed by atoms with Crippen LogP contribution in [-0.2, 0) is 4.74 Å². The molecule has 15 heavy (non-hydrogen) atoms. The molecule has 2 rings (SSSR count). The first-order valence-corrected chi connectivity index (χ1v) is 5.12. The molecule has 1 fully saturated rings. The van der Waals surface area contributed by atoms with Crippen molar-refractivity contribution >= 4 is 12.4 Å². The van der Waals surface area contributed by atoms with Crippen LogP contribution in [-0.4, -0.2) is 18.2 Å². The zero-order valence-corrected chi connectivity index (χ0v) is 9.45. The highest BCUT2D eigenvalue weighted by molar-refractivity contribution is 5.85. The first-order valence-electron chi connectivity index (χ1n) is 5.12. The van der Waals surface area contributed by atoms with Gasteiger partial charge in [-0.15, -0.1) is 12.4 Å². The fourth-order valence-electron chi connectivity index (χ4n) is 1.89. The zero-order valence-electron chi connectivity index (χ0n) is 8.63. The lowest BCUT2D eigenvalue weighted by atomic mass is 9.90. The molecule has 1 aromatic rings. The van der Waals surface area contributed by atoms with E-state index in [0.29, 0.717) is 5.92 Å². The monoisotopic (exact) mass is 228 g/mol. The van der Waals surface area contributed by atoms with E-state index in [-0.39, 0.29) is 18.4 Å². The predicted octanol–water partition coefficient (Wildman–Crippen LogP) is 1.93. The van der Waals surface area contributed by atoms with Crippen LogP contribution in [0, 0.1) is 5.92 Å². The maximum Gasteiger partial charge on any atom is 0.0573 e. The Kier molecular flexibility index (Phi) is 5.02. The molecule has 2 N–H and O–H groups in total. The van der Waals surface area contributed by atoms with Gasteiger partial charge in [0.2, 0.25) is 0 Å². The van der Waals surface area contributed by atoms with Gasteiger partial charge in [-0.1, -0.05) is 6.07 Å². The van der Waals surface area contributed by atoms with Crippen molar-refractivity contribution < 1.29 is 4.74 Å². The van der Waals surface area contributed by atoms with Gasteiger partial charge in [-0.25, -0.2) is 0 Å². The summed E-state index contributed by atoms with van der Waals surface area (Å²) in [6.07, 6.45) is 3.91. The summed E-state index contributed by atoms with van der Waals surface area (Å²) in [6.45, 7) is 1.68. The van der Waals surface area contributed by atoms with Crippen molar-refractivity contribution in [2.75, 3.05) is 13.2 Å². The topological polar surface area (TPSA) is 48.1 Å². The number of nitrogens with zero attached hydrogens (tertiary/aromatic N) is 1. The minimum atomic E-state index is 0. The van der Waals surface area contributed by atoms with Crippen LogP contribution < -0.4 is 5.73 Å². The summed E-state index contributed by atoms with van der Waals surface area (Å²) in [5.74, 6) is 0.527. The van der Waals surface area contributed by atoms with E-state index in [4.69, 9.17) is 10.5 Å². The number of nitrogens with two attached hydrogens (primary N) is 1. The van der Waals surface area contributed by atoms with Gasteiger partial charge in [0.15, 0.2) is 0 Å². The summed E-state index contributed by atoms with van der Waals surface area (Å²) in [5, 5.41) is 0. The van der Waals surface area contributed by atoms with Crippen molar-refractivity contribution in [3.8, 4) is 0 Å². The molecular formula is C11H17ClN2O. The molecule has 1 atom stereocenters. The SMILES string of the molecule is Cl.NC(c1ccccn1)C1CCOCC1. The lowest BCUT2D eigenvalue weighted by Crippen LogP contribution is -2.27. The van der Waals surface area contributed by atoms with Crippen LogP contribution in [0.15, 0.2) is 24.4 Å². The third kappa shape index (κ3) is 3.16. The van der Waals surface area contributed by atoms with Crippen LogP contribution in [0.5, 0.6) is 0 Å². The summed E-state index contributed by atoms with van der Waals surface area (Å²) in [7, 11) is 0. The quantitative estimate of drug-likeness (QED) is 0.842. The highest BCUT2D eigenvalue weighted by Crippen LogP contribution is 2.26. The van der Waals surface area contributed by atoms with Crippen molar-refractivity contribution in [2.45, 2.75) is 18.9 Å². The molecule has 1 saturated heterocycles. The number of rotatable bonds is 2. The van der Waals surface area contributed by atoms with Gasteiger partial charge in [0.25, 0.3) is 0 Å². The van der Waals surface area contributed by atoms with Crippen molar-refractivity contribution in [1.29, 1.82) is 0 Å². The Morgan fingerprint density at radius 1 is 1.33 bits per heavy atom. The Bertz CT molecular complexity index is 275. The van der Waals surface area contributed by atoms with Crippen LogP contribution in [0.1, 0.15) is 24.6 Å². The molecule has 0 bridgehead atoms. The molecule has 1 unspecified atom stereocenters. The van der Waals surface area contributed by atoms with E-state index in [2.05, 4.69) is 4.98 Å². The minimum absolute atomic E-state index is 0. The van der Waals surface area contributed by atoms with Gasteiger partial charge in [-0.3, -0.25) is 4.98 Å². The molecule has 1 aliphatic rings. The van der Waals surface area contributed by atoms with Crippen molar-refractivity contribution in [3.05, 3.63) is 30.1 Å². The smallest absolute Gasteiger partial charge is 0.0573 e. The number of aromatic nitrogens is 1. The molecule has 84 valence electrons. The summed E-state index contributed by atoms with van der Waals surface area (Å²) in [5.41, 5.74) is 7.15. The lowest BCUT2D eigenvalue weighted by Gasteiger charge is -2.27. The van der Waals surface area contributed by atoms with Gasteiger partial charge in [0.05, 0.1) is 5.69 Å². The number of pyridine rings is 1. The molecular weight excluding hydrogens is 212 g/mol. The Labute approximate surface area is 96.4 Å². The second-order valence-electron chi connectivity index (χ2n) is 3.73. The van der Waals surface area contributed by atoms with Crippen LogP contribution in [0.2, 0.25) is 0 Å². The van der Waals surface area contributed by atoms with Crippen molar-refractivity contribution in [1.82, 2.24) is 4.98 Å². The molecule has 0 radical (unpaired) electrons. The molecule has 0 aromatic carbocycles. The van der Waals surface area contributed by atoms with E-state index < -0.39 is 0 Å². The zero-order chi connectivity index (χ0) is 9.80. The standard InChI is InChI=1S/C11H16N2O.ClH/c12-11(9-4-7-14-8-5-9)10-3-1-2-6-13-10;/h1-3,6,9,11H,4-5,7-8,12H2;1H. The molecule has 0 aliphatic carbocycles. The lowest BCUT2D eigenvalue weighted by molar-refractivity contribution is 0.0579. The summed E-state index contributed by atoms with van der Waals surface area (Å²) >= 11 is 0. The molecule has 1 aliphatic heterocycles. The Hall–Kier alpha value is -0.640. The van der Waals surface area contributed by atoms with Gasteiger partial charge in [-0.2, -0.15) is 0 Å². The van der Waals surface area contributed by atoms with Crippen molar-refractivity contribution in [2.24, 2.45) is 11.7 Å². The van der Waals surface area contributed by atoms with Crippen molar-refractivity contribution in [3.63, 3.8) is 0 Å². The number of ether oxygens (including phenoxy) is 1. The Balaban J connectivity index is 0.00000112. The van der Waals surface area contributed by atoms with Crippen LogP contribution in [0.4, 0.5) is 0 Å². The largest absolute Gasteiger partial charge is 0.381 e. The van der Waals surface area contributed by atoms with Gasteiger partial charge in [0, 0.05) is 25.5 Å². The van der Waals surface area contributed by atoms with Crippen LogP contribution in [0.25, 0.3) is 0 Å². The predicted molar refractivity (Wildman–Crippen MR) is 62.0 cm³/mol. The second-order valence-corrected chi connectivity index (χ2v) is 3.73. The summed E-state index contributed by atoms with van der Waals surface area (Å²) in [6, 6.07) is 5.97. The average molecular weight is 229 g/mol. The van der Waals surface area contributed by atoms with Crippen LogP contribution in [0.3, 0.4) is 0 Å². The van der Waals surface area contributed by atoms with E-state index in [0.717, 1.165) is 31.7 Å². The number of hydrogen-bond acceptors (Lipinski definition) is 3. The molecule has 2 heterocycles. The molecule has 4 heteroatoms. The highest BCUT2D eigenvalue weighted by Gasteiger charge is 2.22. The maximum absolute atomic E-state index is 6.15. The normalized spacial score (nSPS) is 19.3. The van der Waals surface area contributed by atoms with Gasteiger partial charge in [0.1, 0.15) is 0 Å². The molecule has 0 amide bonds. The third-order valence-electron chi connectivity index (χ3n) is 2.80. The Morgan fingerprint density at radius 3 is 2.67 bits per heavy atom. The van der Waals surface area contributed by atoms with E-state index in [1.54, 1.807) is 6.20 Å². The van der Waals surface area contributed by atoms with Gasteiger partial charge in [-0.05, 0) is 30.9 Å². The summed E-state index contributed by atoms with van der Waals surface area (Å²) < 4.78 is 5.31. The third-order valence-corrected chi connectivity index (χ3v) is 2.80. The first-order chi connectivity index (χ1) is 6.88. The number of hydrogen-bond donors (Lipinski definition) is 1. The average Bonchev–Trinajstić information content (AvgIpc) is 2.30. The van der Waals surface area contributed by atoms with E-state index in [1.807, 2.05) is 18.2 Å². The van der Waals surface area contributed by atoms with Crippen LogP contribution >= 0.6 is 12.4 Å². The second kappa shape index (κ2) is 6.05.